The molecule has 0 bridgehead atoms. The lowest BCUT2D eigenvalue weighted by Gasteiger charge is -2.28. The van der Waals surface area contributed by atoms with Gasteiger partial charge in [-0.2, -0.15) is 0 Å². The molecule has 4 heterocycles. The third-order valence-electron chi connectivity index (χ3n) is 5.94. The van der Waals surface area contributed by atoms with Crippen LogP contribution in [0, 0.1) is 20.8 Å². The van der Waals surface area contributed by atoms with Crippen LogP contribution in [0.15, 0.2) is 47.1 Å². The summed E-state index contributed by atoms with van der Waals surface area (Å²) in [6.45, 7) is 8.89. The molecule has 0 amide bonds. The second-order valence-corrected chi connectivity index (χ2v) is 9.97. The Hall–Kier alpha value is -2.95. The molecule has 1 aliphatic heterocycles. The molecule has 0 radical (unpaired) electrons. The van der Waals surface area contributed by atoms with E-state index in [2.05, 4.69) is 43.7 Å². The number of ether oxygens (including phenoxy) is 1. The Balaban J connectivity index is 1.43. The maximum absolute atomic E-state index is 13.3. The normalized spacial score (nSPS) is 14.0. The minimum atomic E-state index is 0.0631. The van der Waals surface area contributed by atoms with Gasteiger partial charge in [-0.1, -0.05) is 30.0 Å². The van der Waals surface area contributed by atoms with Crippen LogP contribution in [0.3, 0.4) is 0 Å². The second kappa shape index (κ2) is 9.73. The fourth-order valence-corrected chi connectivity index (χ4v) is 5.80. The summed E-state index contributed by atoms with van der Waals surface area (Å²) in [6.07, 6.45) is 1.78. The maximum Gasteiger partial charge on any atom is 0.232 e. The number of carbonyl (C=O) groups excluding carboxylic acids is 1. The quantitative estimate of drug-likeness (QED) is 0.281. The molecule has 1 aromatic carbocycles. The summed E-state index contributed by atoms with van der Waals surface area (Å²) in [5.41, 5.74) is 4.77. The van der Waals surface area contributed by atoms with Gasteiger partial charge < -0.3 is 9.64 Å². The van der Waals surface area contributed by atoms with Crippen LogP contribution in [-0.2, 0) is 4.74 Å². The molecule has 4 aromatic rings. The third-order valence-corrected chi connectivity index (χ3v) is 7.63. The van der Waals surface area contributed by atoms with Crippen molar-refractivity contribution in [2.75, 3.05) is 37.0 Å². The zero-order chi connectivity index (χ0) is 23.7. The van der Waals surface area contributed by atoms with Crippen molar-refractivity contribution in [3.8, 4) is 10.8 Å². The Kier molecular flexibility index (Phi) is 6.53. The highest BCUT2D eigenvalue weighted by Gasteiger charge is 2.24. The third kappa shape index (κ3) is 4.28. The van der Waals surface area contributed by atoms with Crippen molar-refractivity contribution in [1.82, 2.24) is 24.3 Å². The molecule has 34 heavy (non-hydrogen) atoms. The van der Waals surface area contributed by atoms with Gasteiger partial charge in [0.25, 0.3) is 0 Å². The van der Waals surface area contributed by atoms with Gasteiger partial charge in [0.2, 0.25) is 5.95 Å². The number of thiazole rings is 1. The minimum Gasteiger partial charge on any atom is -0.378 e. The SMILES string of the molecule is Cc1ccccc1-n1c(SCC(=O)c2cc(C)n(-c3nccs3)c2C)nnc1N1CCOCC1. The topological polar surface area (TPSA) is 78.1 Å². The predicted molar refractivity (Wildman–Crippen MR) is 135 cm³/mol. The number of aromatic nitrogens is 5. The van der Waals surface area contributed by atoms with Gasteiger partial charge in [-0.25, -0.2) is 4.98 Å². The molecule has 1 aliphatic rings. The van der Waals surface area contributed by atoms with Crippen LogP contribution in [0.4, 0.5) is 5.95 Å². The van der Waals surface area contributed by atoms with Gasteiger partial charge in [0.15, 0.2) is 16.1 Å². The average Bonchev–Trinajstić information content (AvgIpc) is 3.58. The molecular formula is C24H26N6O2S2. The Morgan fingerprint density at radius 2 is 1.91 bits per heavy atom. The largest absolute Gasteiger partial charge is 0.378 e. The van der Waals surface area contributed by atoms with Crippen LogP contribution < -0.4 is 4.90 Å². The van der Waals surface area contributed by atoms with E-state index in [1.54, 1.807) is 17.5 Å². The number of para-hydroxylation sites is 1. The standard InChI is InChI=1S/C24H26N6O2S2/c1-16-6-4-5-7-20(16)30-22(28-9-11-32-12-10-28)26-27-24(30)34-15-21(31)19-14-17(2)29(18(19)3)23-25-8-13-33-23/h4-8,13-14H,9-12,15H2,1-3H3. The first-order chi connectivity index (χ1) is 16.5. The van der Waals surface area contributed by atoms with E-state index in [0.29, 0.717) is 18.4 Å². The van der Waals surface area contributed by atoms with Gasteiger partial charge >= 0.3 is 0 Å². The van der Waals surface area contributed by atoms with E-state index in [0.717, 1.165) is 52.4 Å². The maximum atomic E-state index is 13.3. The molecule has 1 fully saturated rings. The molecule has 176 valence electrons. The van der Waals surface area contributed by atoms with Gasteiger partial charge in [-0.05, 0) is 38.5 Å². The summed E-state index contributed by atoms with van der Waals surface area (Å²) in [7, 11) is 0. The number of aryl methyl sites for hydroxylation is 2. The first kappa shape index (κ1) is 22.8. The molecule has 5 rings (SSSR count). The van der Waals surface area contributed by atoms with Crippen LogP contribution in [0.5, 0.6) is 0 Å². The van der Waals surface area contributed by atoms with Crippen molar-refractivity contribution in [2.45, 2.75) is 25.9 Å². The molecule has 8 nitrogen and oxygen atoms in total. The molecule has 0 atom stereocenters. The summed E-state index contributed by atoms with van der Waals surface area (Å²) < 4.78 is 9.62. The molecular weight excluding hydrogens is 468 g/mol. The summed E-state index contributed by atoms with van der Waals surface area (Å²) in [6, 6.07) is 10.1. The van der Waals surface area contributed by atoms with E-state index < -0.39 is 0 Å². The molecule has 10 heteroatoms. The lowest BCUT2D eigenvalue weighted by Crippen LogP contribution is -2.38. The summed E-state index contributed by atoms with van der Waals surface area (Å²) >= 11 is 2.98. The molecule has 0 aliphatic carbocycles. The number of hydrogen-bond acceptors (Lipinski definition) is 8. The number of ketones is 1. The van der Waals surface area contributed by atoms with Crippen molar-refractivity contribution >= 4 is 34.8 Å². The van der Waals surface area contributed by atoms with Gasteiger partial charge in [0, 0.05) is 41.6 Å². The number of rotatable bonds is 7. The zero-order valence-corrected chi connectivity index (χ0v) is 21.0. The number of Topliss-reactive ketones (excluding diaryl/α,β-unsaturated/α-hetero) is 1. The Labute approximate surface area is 206 Å². The van der Waals surface area contributed by atoms with Gasteiger partial charge in [-0.15, -0.1) is 21.5 Å². The molecule has 1 saturated heterocycles. The number of nitrogens with zero attached hydrogens (tertiary/aromatic N) is 6. The van der Waals surface area contributed by atoms with Crippen LogP contribution in [0.1, 0.15) is 27.3 Å². The molecule has 0 saturated carbocycles. The van der Waals surface area contributed by atoms with Crippen LogP contribution in [-0.4, -0.2) is 62.2 Å². The first-order valence-corrected chi connectivity index (χ1v) is 13.0. The van der Waals surface area contributed by atoms with Crippen molar-refractivity contribution in [1.29, 1.82) is 0 Å². The van der Waals surface area contributed by atoms with Gasteiger partial charge in [0.05, 0.1) is 24.7 Å². The van der Waals surface area contributed by atoms with Gasteiger partial charge in [-0.3, -0.25) is 13.9 Å². The highest BCUT2D eigenvalue weighted by atomic mass is 32.2. The van der Waals surface area contributed by atoms with E-state index in [-0.39, 0.29) is 11.5 Å². The number of thioether (sulfide) groups is 1. The molecule has 0 unspecified atom stereocenters. The van der Waals surface area contributed by atoms with Crippen LogP contribution >= 0.6 is 23.1 Å². The number of benzene rings is 1. The second-order valence-electron chi connectivity index (χ2n) is 8.15. The van der Waals surface area contributed by atoms with Crippen molar-refractivity contribution in [3.63, 3.8) is 0 Å². The van der Waals surface area contributed by atoms with Gasteiger partial charge in [0.1, 0.15) is 0 Å². The summed E-state index contributed by atoms with van der Waals surface area (Å²) in [5.74, 6) is 1.12. The molecule has 0 N–H and O–H groups in total. The summed E-state index contributed by atoms with van der Waals surface area (Å²) in [5, 5.41) is 12.5. The smallest absolute Gasteiger partial charge is 0.232 e. The fourth-order valence-electron chi connectivity index (χ4n) is 4.22. The average molecular weight is 495 g/mol. The molecule has 0 spiro atoms. The lowest BCUT2D eigenvalue weighted by atomic mass is 10.2. The number of morpholine rings is 1. The predicted octanol–water partition coefficient (Wildman–Crippen LogP) is 4.25. The van der Waals surface area contributed by atoms with Crippen LogP contribution in [0.25, 0.3) is 10.8 Å². The Bertz CT molecular complexity index is 1310. The zero-order valence-electron chi connectivity index (χ0n) is 19.4. The molecule has 3 aromatic heterocycles. The van der Waals surface area contributed by atoms with Crippen molar-refractivity contribution in [3.05, 3.63) is 64.4 Å². The number of hydrogen-bond donors (Lipinski definition) is 0. The Morgan fingerprint density at radius 1 is 1.12 bits per heavy atom. The fraction of sp³-hybridized carbons (Fsp3) is 0.333. The number of carbonyl (C=O) groups is 1. The van der Waals surface area contributed by atoms with E-state index in [9.17, 15) is 4.79 Å². The lowest BCUT2D eigenvalue weighted by molar-refractivity contribution is 0.102. The Morgan fingerprint density at radius 3 is 2.65 bits per heavy atom. The van der Waals surface area contributed by atoms with E-state index >= 15 is 0 Å². The van der Waals surface area contributed by atoms with E-state index in [4.69, 9.17) is 4.74 Å². The summed E-state index contributed by atoms with van der Waals surface area (Å²) in [4.78, 5) is 19.9. The van der Waals surface area contributed by atoms with Crippen molar-refractivity contribution in [2.24, 2.45) is 0 Å². The number of anilines is 1. The van der Waals surface area contributed by atoms with Crippen molar-refractivity contribution < 1.29 is 9.53 Å². The highest BCUT2D eigenvalue weighted by Crippen LogP contribution is 2.30. The highest BCUT2D eigenvalue weighted by molar-refractivity contribution is 7.99. The van der Waals surface area contributed by atoms with E-state index in [1.807, 2.05) is 42.0 Å². The minimum absolute atomic E-state index is 0.0631. The first-order valence-electron chi connectivity index (χ1n) is 11.1. The monoisotopic (exact) mass is 494 g/mol. The van der Waals surface area contributed by atoms with Crippen LogP contribution in [0.2, 0.25) is 0 Å². The van der Waals surface area contributed by atoms with E-state index in [1.165, 1.54) is 11.8 Å².